The van der Waals surface area contributed by atoms with Crippen LogP contribution in [0.1, 0.15) is 47.8 Å². The lowest BCUT2D eigenvalue weighted by Gasteiger charge is -2.14. The highest BCUT2D eigenvalue weighted by atomic mass is 16.2. The quantitative estimate of drug-likeness (QED) is 0.302. The zero-order valence-electron chi connectivity index (χ0n) is 20.4. The number of amides is 3. The maximum Gasteiger partial charge on any atom is 0.255 e. The first-order valence-electron chi connectivity index (χ1n) is 11.6. The third kappa shape index (κ3) is 6.24. The highest BCUT2D eigenvalue weighted by Gasteiger charge is 2.13. The topological polar surface area (TPSA) is 87.3 Å². The summed E-state index contributed by atoms with van der Waals surface area (Å²) in [5.74, 6) is -0.884. The zero-order valence-corrected chi connectivity index (χ0v) is 20.4. The molecule has 4 rings (SSSR count). The average molecular weight is 478 g/mol. The van der Waals surface area contributed by atoms with Crippen LogP contribution in [0, 0.1) is 20.8 Å². The number of rotatable bonds is 6. The van der Waals surface area contributed by atoms with Crippen molar-refractivity contribution in [3.05, 3.63) is 124 Å². The molecule has 0 unspecified atom stereocenters. The fraction of sp³-hybridized carbons (Fsp3) is 0.100. The summed E-state index contributed by atoms with van der Waals surface area (Å²) in [7, 11) is 0. The van der Waals surface area contributed by atoms with Crippen molar-refractivity contribution in [3.8, 4) is 0 Å². The molecular weight excluding hydrogens is 450 g/mol. The molecule has 3 N–H and O–H groups in total. The van der Waals surface area contributed by atoms with Gasteiger partial charge in [0, 0.05) is 33.8 Å². The lowest BCUT2D eigenvalue weighted by atomic mass is 10.1. The molecular formula is C30H27N3O3. The van der Waals surface area contributed by atoms with E-state index in [-0.39, 0.29) is 17.7 Å². The maximum atomic E-state index is 12.9. The largest absolute Gasteiger partial charge is 0.322 e. The van der Waals surface area contributed by atoms with Gasteiger partial charge in [-0.3, -0.25) is 14.4 Å². The molecule has 0 spiro atoms. The normalized spacial score (nSPS) is 10.4. The molecule has 180 valence electrons. The van der Waals surface area contributed by atoms with Gasteiger partial charge < -0.3 is 16.0 Å². The van der Waals surface area contributed by atoms with Crippen LogP contribution in [0.25, 0.3) is 0 Å². The van der Waals surface area contributed by atoms with Crippen molar-refractivity contribution < 1.29 is 14.4 Å². The number of anilines is 3. The monoisotopic (exact) mass is 477 g/mol. The Morgan fingerprint density at radius 2 is 0.722 bits per heavy atom. The van der Waals surface area contributed by atoms with Crippen LogP contribution in [0.2, 0.25) is 0 Å². The van der Waals surface area contributed by atoms with Crippen molar-refractivity contribution >= 4 is 34.8 Å². The van der Waals surface area contributed by atoms with E-state index >= 15 is 0 Å². The van der Waals surface area contributed by atoms with Crippen molar-refractivity contribution in [3.63, 3.8) is 0 Å². The number of hydrogen-bond donors (Lipinski definition) is 3. The molecule has 0 fully saturated rings. The van der Waals surface area contributed by atoms with Gasteiger partial charge in [0.15, 0.2) is 0 Å². The van der Waals surface area contributed by atoms with Crippen LogP contribution in [-0.4, -0.2) is 17.7 Å². The predicted molar refractivity (Wildman–Crippen MR) is 144 cm³/mol. The van der Waals surface area contributed by atoms with Gasteiger partial charge in [0.2, 0.25) is 0 Å². The number of hydrogen-bond acceptors (Lipinski definition) is 3. The molecule has 3 amide bonds. The van der Waals surface area contributed by atoms with Crippen LogP contribution >= 0.6 is 0 Å². The van der Waals surface area contributed by atoms with Crippen molar-refractivity contribution in [1.29, 1.82) is 0 Å². The van der Waals surface area contributed by atoms with Gasteiger partial charge in [0.05, 0.1) is 0 Å². The molecule has 6 heteroatoms. The summed E-state index contributed by atoms with van der Waals surface area (Å²) < 4.78 is 0. The van der Waals surface area contributed by atoms with Gasteiger partial charge in [-0.1, -0.05) is 53.1 Å². The molecule has 0 aliphatic heterocycles. The minimum atomic E-state index is -0.295. The van der Waals surface area contributed by atoms with E-state index in [1.54, 1.807) is 54.6 Å². The molecule has 0 bridgehead atoms. The molecule has 36 heavy (non-hydrogen) atoms. The van der Waals surface area contributed by atoms with Crippen molar-refractivity contribution in [1.82, 2.24) is 0 Å². The number of aryl methyl sites for hydroxylation is 3. The summed E-state index contributed by atoms with van der Waals surface area (Å²) in [4.78, 5) is 38.6. The second-order valence-corrected chi connectivity index (χ2v) is 8.77. The fourth-order valence-electron chi connectivity index (χ4n) is 3.81. The first-order valence-corrected chi connectivity index (χ1v) is 11.6. The van der Waals surface area contributed by atoms with Crippen LogP contribution in [0.15, 0.2) is 91.0 Å². The SMILES string of the molecule is Cc1cccc(C(=O)Nc2cc(NC(=O)c3cccc(C)c3)cc(NC(=O)c3cccc(C)c3)c2)c1. The van der Waals surface area contributed by atoms with Gasteiger partial charge in [0.25, 0.3) is 17.7 Å². The fourth-order valence-corrected chi connectivity index (χ4v) is 3.81. The molecule has 0 saturated heterocycles. The minimum absolute atomic E-state index is 0.295. The van der Waals surface area contributed by atoms with Crippen LogP contribution in [0.3, 0.4) is 0 Å². The summed E-state index contributed by atoms with van der Waals surface area (Å²) in [5.41, 5.74) is 5.72. The lowest BCUT2D eigenvalue weighted by molar-refractivity contribution is 0.101. The number of carbonyl (C=O) groups is 3. The van der Waals surface area contributed by atoms with Crippen molar-refractivity contribution in [2.24, 2.45) is 0 Å². The predicted octanol–water partition coefficient (Wildman–Crippen LogP) is 6.37. The van der Waals surface area contributed by atoms with E-state index in [2.05, 4.69) is 16.0 Å². The van der Waals surface area contributed by atoms with Crippen LogP contribution in [0.5, 0.6) is 0 Å². The summed E-state index contributed by atoms with van der Waals surface area (Å²) in [6.07, 6.45) is 0. The lowest BCUT2D eigenvalue weighted by Crippen LogP contribution is -2.16. The van der Waals surface area contributed by atoms with E-state index in [1.807, 2.05) is 57.2 Å². The molecule has 4 aromatic rings. The van der Waals surface area contributed by atoms with E-state index in [0.717, 1.165) is 16.7 Å². The Hall–Kier alpha value is -4.71. The summed E-state index contributed by atoms with van der Waals surface area (Å²) in [6, 6.07) is 26.7. The van der Waals surface area contributed by atoms with E-state index in [9.17, 15) is 14.4 Å². The second-order valence-electron chi connectivity index (χ2n) is 8.77. The van der Waals surface area contributed by atoms with Gasteiger partial charge in [0.1, 0.15) is 0 Å². The Bertz CT molecular complexity index is 1270. The van der Waals surface area contributed by atoms with Crippen molar-refractivity contribution in [2.75, 3.05) is 16.0 Å². The third-order valence-electron chi connectivity index (χ3n) is 5.55. The molecule has 6 nitrogen and oxygen atoms in total. The van der Waals surface area contributed by atoms with Gasteiger partial charge >= 0.3 is 0 Å². The number of carbonyl (C=O) groups excluding carboxylic acids is 3. The highest BCUT2D eigenvalue weighted by Crippen LogP contribution is 2.25. The summed E-state index contributed by atoms with van der Waals surface area (Å²) >= 11 is 0. The zero-order chi connectivity index (χ0) is 25.7. The van der Waals surface area contributed by atoms with E-state index < -0.39 is 0 Å². The maximum absolute atomic E-state index is 12.9. The minimum Gasteiger partial charge on any atom is -0.322 e. The molecule has 0 heterocycles. The number of benzene rings is 4. The molecule has 0 atom stereocenters. The Balaban J connectivity index is 1.63. The second kappa shape index (κ2) is 10.7. The van der Waals surface area contributed by atoms with E-state index in [4.69, 9.17) is 0 Å². The van der Waals surface area contributed by atoms with Crippen molar-refractivity contribution in [2.45, 2.75) is 20.8 Å². The van der Waals surface area contributed by atoms with E-state index in [0.29, 0.717) is 33.8 Å². The van der Waals surface area contributed by atoms with Crippen LogP contribution in [-0.2, 0) is 0 Å². The van der Waals surface area contributed by atoms with Gasteiger partial charge in [-0.2, -0.15) is 0 Å². The smallest absolute Gasteiger partial charge is 0.255 e. The molecule has 0 saturated carbocycles. The van der Waals surface area contributed by atoms with Crippen LogP contribution < -0.4 is 16.0 Å². The molecule has 0 aliphatic rings. The standard InChI is InChI=1S/C30H27N3O3/c1-19-7-4-10-22(13-19)28(34)31-25-16-26(32-29(35)23-11-5-8-20(2)14-23)18-27(17-25)33-30(36)24-12-6-9-21(3)15-24/h4-18H,1-3H3,(H,31,34)(H,32,35)(H,33,36). The molecule has 0 radical (unpaired) electrons. The molecule has 4 aromatic carbocycles. The van der Waals surface area contributed by atoms with Crippen LogP contribution in [0.4, 0.5) is 17.1 Å². The first kappa shape index (κ1) is 24.4. The Kier molecular flexibility index (Phi) is 7.25. The summed E-state index contributed by atoms with van der Waals surface area (Å²) in [6.45, 7) is 5.74. The molecule has 0 aromatic heterocycles. The van der Waals surface area contributed by atoms with Gasteiger partial charge in [-0.15, -0.1) is 0 Å². The highest BCUT2D eigenvalue weighted by molar-refractivity contribution is 6.09. The Morgan fingerprint density at radius 1 is 0.444 bits per heavy atom. The third-order valence-corrected chi connectivity index (χ3v) is 5.55. The Labute approximate surface area is 210 Å². The first-order chi connectivity index (χ1) is 17.3. The van der Waals surface area contributed by atoms with Gasteiger partial charge in [-0.05, 0) is 75.4 Å². The molecule has 0 aliphatic carbocycles. The average Bonchev–Trinajstić information content (AvgIpc) is 2.84. The Morgan fingerprint density at radius 3 is 0.972 bits per heavy atom. The summed E-state index contributed by atoms with van der Waals surface area (Å²) in [5, 5.41) is 8.61. The van der Waals surface area contributed by atoms with Gasteiger partial charge in [-0.25, -0.2) is 0 Å². The van der Waals surface area contributed by atoms with E-state index in [1.165, 1.54) is 0 Å². The number of nitrogens with one attached hydrogen (secondary N) is 3.